The van der Waals surface area contributed by atoms with Crippen molar-refractivity contribution in [3.63, 3.8) is 0 Å². The molecule has 0 aliphatic carbocycles. The minimum atomic E-state index is -0.0885. The lowest BCUT2D eigenvalue weighted by molar-refractivity contribution is -0.123. The second-order valence-corrected chi connectivity index (χ2v) is 3.41. The molecule has 0 aliphatic heterocycles. The SMILES string of the molecule is C=C/C=C\C(OCC(C)=O)C(C=C)CC. The predicted molar refractivity (Wildman–Crippen MR) is 63.7 cm³/mol. The van der Waals surface area contributed by atoms with E-state index in [1.54, 1.807) is 6.08 Å². The fourth-order valence-electron chi connectivity index (χ4n) is 1.26. The van der Waals surface area contributed by atoms with Crippen molar-refractivity contribution in [2.45, 2.75) is 26.4 Å². The fraction of sp³-hybridized carbons (Fsp3) is 0.462. The first-order valence-corrected chi connectivity index (χ1v) is 5.18. The van der Waals surface area contributed by atoms with Crippen LogP contribution >= 0.6 is 0 Å². The van der Waals surface area contributed by atoms with Crippen LogP contribution in [0, 0.1) is 5.92 Å². The highest BCUT2D eigenvalue weighted by Gasteiger charge is 2.15. The Labute approximate surface area is 92.3 Å². The van der Waals surface area contributed by atoms with E-state index in [9.17, 15) is 4.79 Å². The van der Waals surface area contributed by atoms with Crippen LogP contribution in [0.15, 0.2) is 37.5 Å². The summed E-state index contributed by atoms with van der Waals surface area (Å²) in [6.45, 7) is 11.1. The Hall–Kier alpha value is -1.15. The summed E-state index contributed by atoms with van der Waals surface area (Å²) in [5.41, 5.74) is 0. The van der Waals surface area contributed by atoms with Gasteiger partial charge in [0.15, 0.2) is 5.78 Å². The normalized spacial score (nSPS) is 14.8. The zero-order chi connectivity index (χ0) is 11.7. The zero-order valence-electron chi connectivity index (χ0n) is 9.61. The van der Waals surface area contributed by atoms with E-state index in [2.05, 4.69) is 20.1 Å². The predicted octanol–water partition coefficient (Wildman–Crippen LogP) is 2.92. The molecule has 0 saturated heterocycles. The van der Waals surface area contributed by atoms with Gasteiger partial charge in [0.25, 0.3) is 0 Å². The van der Waals surface area contributed by atoms with E-state index in [0.29, 0.717) is 0 Å². The number of hydrogen-bond acceptors (Lipinski definition) is 2. The van der Waals surface area contributed by atoms with Crippen molar-refractivity contribution in [3.8, 4) is 0 Å². The van der Waals surface area contributed by atoms with Crippen LogP contribution in [0.25, 0.3) is 0 Å². The summed E-state index contributed by atoms with van der Waals surface area (Å²) in [5, 5.41) is 0. The third-order valence-electron chi connectivity index (χ3n) is 2.11. The van der Waals surface area contributed by atoms with Crippen LogP contribution in [0.2, 0.25) is 0 Å². The van der Waals surface area contributed by atoms with Crippen LogP contribution in [-0.4, -0.2) is 18.5 Å². The molecule has 2 nitrogen and oxygen atoms in total. The zero-order valence-corrected chi connectivity index (χ0v) is 9.61. The molecule has 84 valence electrons. The number of allylic oxidation sites excluding steroid dienone is 2. The van der Waals surface area contributed by atoms with Gasteiger partial charge in [-0.1, -0.05) is 37.8 Å². The van der Waals surface area contributed by atoms with Crippen molar-refractivity contribution in [2.75, 3.05) is 6.61 Å². The van der Waals surface area contributed by atoms with Crippen LogP contribution in [0.1, 0.15) is 20.3 Å². The lowest BCUT2D eigenvalue weighted by Crippen LogP contribution is -2.22. The summed E-state index contributed by atoms with van der Waals surface area (Å²) in [7, 11) is 0. The Kier molecular flexibility index (Phi) is 7.56. The topological polar surface area (TPSA) is 26.3 Å². The maximum Gasteiger partial charge on any atom is 0.155 e. The van der Waals surface area contributed by atoms with E-state index < -0.39 is 0 Å². The van der Waals surface area contributed by atoms with Gasteiger partial charge in [-0.2, -0.15) is 0 Å². The Morgan fingerprint density at radius 2 is 2.13 bits per heavy atom. The molecule has 2 atom stereocenters. The molecule has 0 aliphatic rings. The number of Topliss-reactive ketones (excluding diaryl/α,β-unsaturated/α-hetero) is 1. The van der Waals surface area contributed by atoms with Gasteiger partial charge in [0.2, 0.25) is 0 Å². The lowest BCUT2D eigenvalue weighted by atomic mass is 9.99. The summed E-state index contributed by atoms with van der Waals surface area (Å²) in [6, 6.07) is 0. The first-order valence-electron chi connectivity index (χ1n) is 5.18. The molecule has 2 unspecified atom stereocenters. The van der Waals surface area contributed by atoms with Crippen LogP contribution in [0.5, 0.6) is 0 Å². The Balaban J connectivity index is 4.40. The standard InChI is InChI=1S/C13H20O2/c1-5-8-9-13(12(6-2)7-3)15-10-11(4)14/h5-6,8-9,12-13H,1-2,7,10H2,3-4H3/b9-8-. The van der Waals surface area contributed by atoms with Crippen molar-refractivity contribution < 1.29 is 9.53 Å². The fourth-order valence-corrected chi connectivity index (χ4v) is 1.26. The second-order valence-electron chi connectivity index (χ2n) is 3.41. The van der Waals surface area contributed by atoms with Crippen molar-refractivity contribution >= 4 is 5.78 Å². The molecule has 2 heteroatoms. The van der Waals surface area contributed by atoms with Crippen LogP contribution < -0.4 is 0 Å². The monoisotopic (exact) mass is 208 g/mol. The van der Waals surface area contributed by atoms with Crippen molar-refractivity contribution in [2.24, 2.45) is 5.92 Å². The first kappa shape index (κ1) is 13.8. The largest absolute Gasteiger partial charge is 0.366 e. The maximum absolute atomic E-state index is 10.8. The van der Waals surface area contributed by atoms with Gasteiger partial charge in [-0.05, 0) is 13.3 Å². The summed E-state index contributed by atoms with van der Waals surface area (Å²) >= 11 is 0. The van der Waals surface area contributed by atoms with E-state index in [1.165, 1.54) is 6.92 Å². The third-order valence-corrected chi connectivity index (χ3v) is 2.11. The average Bonchev–Trinajstić information content (AvgIpc) is 2.22. The molecule has 0 rings (SSSR count). The van der Waals surface area contributed by atoms with Gasteiger partial charge in [-0.25, -0.2) is 0 Å². The van der Waals surface area contributed by atoms with Gasteiger partial charge < -0.3 is 4.74 Å². The van der Waals surface area contributed by atoms with E-state index in [4.69, 9.17) is 4.74 Å². The van der Waals surface area contributed by atoms with Gasteiger partial charge in [-0.15, -0.1) is 6.58 Å². The van der Waals surface area contributed by atoms with E-state index >= 15 is 0 Å². The molecule has 0 aromatic carbocycles. The molecule has 0 amide bonds. The van der Waals surface area contributed by atoms with Crippen molar-refractivity contribution in [1.82, 2.24) is 0 Å². The Morgan fingerprint density at radius 3 is 2.53 bits per heavy atom. The number of ketones is 1. The van der Waals surface area contributed by atoms with Gasteiger partial charge in [0, 0.05) is 5.92 Å². The first-order chi connectivity index (χ1) is 7.15. The third kappa shape index (κ3) is 6.02. The summed E-state index contributed by atoms with van der Waals surface area (Å²) < 4.78 is 5.49. The second kappa shape index (κ2) is 8.18. The van der Waals surface area contributed by atoms with Gasteiger partial charge >= 0.3 is 0 Å². The molecule has 0 bridgehead atoms. The van der Waals surface area contributed by atoms with Crippen molar-refractivity contribution in [3.05, 3.63) is 37.5 Å². The Bertz CT molecular complexity index is 241. The van der Waals surface area contributed by atoms with Gasteiger partial charge in [0.1, 0.15) is 6.61 Å². The molecule has 0 heterocycles. The van der Waals surface area contributed by atoms with E-state index in [-0.39, 0.29) is 24.4 Å². The molecule has 0 radical (unpaired) electrons. The molecule has 0 N–H and O–H groups in total. The number of ether oxygens (including phenoxy) is 1. The molecular weight excluding hydrogens is 188 g/mol. The molecule has 0 fully saturated rings. The van der Waals surface area contributed by atoms with Crippen LogP contribution in [0.3, 0.4) is 0 Å². The lowest BCUT2D eigenvalue weighted by Gasteiger charge is -2.20. The highest BCUT2D eigenvalue weighted by atomic mass is 16.5. The van der Waals surface area contributed by atoms with Crippen LogP contribution in [0.4, 0.5) is 0 Å². The molecule has 0 aromatic rings. The highest BCUT2D eigenvalue weighted by Crippen LogP contribution is 2.15. The van der Waals surface area contributed by atoms with Crippen molar-refractivity contribution in [1.29, 1.82) is 0 Å². The average molecular weight is 208 g/mol. The van der Waals surface area contributed by atoms with Gasteiger partial charge in [0.05, 0.1) is 6.10 Å². The molecule has 0 spiro atoms. The minimum absolute atomic E-state index is 0.0333. The summed E-state index contributed by atoms with van der Waals surface area (Å²) in [4.78, 5) is 10.8. The number of carbonyl (C=O) groups is 1. The number of hydrogen-bond donors (Lipinski definition) is 0. The number of rotatable bonds is 8. The quantitative estimate of drug-likeness (QED) is 0.453. The summed E-state index contributed by atoms with van der Waals surface area (Å²) in [5.74, 6) is 0.270. The highest BCUT2D eigenvalue weighted by molar-refractivity contribution is 5.76. The van der Waals surface area contributed by atoms with Crippen LogP contribution in [-0.2, 0) is 9.53 Å². The molecule has 0 saturated carbocycles. The summed E-state index contributed by atoms with van der Waals surface area (Å²) in [6.07, 6.45) is 8.14. The molecular formula is C13H20O2. The molecule has 15 heavy (non-hydrogen) atoms. The van der Waals surface area contributed by atoms with E-state index in [0.717, 1.165) is 6.42 Å². The molecule has 0 aromatic heterocycles. The Morgan fingerprint density at radius 1 is 1.47 bits per heavy atom. The van der Waals surface area contributed by atoms with Gasteiger partial charge in [-0.3, -0.25) is 4.79 Å². The maximum atomic E-state index is 10.8. The van der Waals surface area contributed by atoms with E-state index in [1.807, 2.05) is 18.2 Å². The number of carbonyl (C=O) groups excluding carboxylic acids is 1. The minimum Gasteiger partial charge on any atom is -0.366 e. The smallest absolute Gasteiger partial charge is 0.155 e.